The number of rotatable bonds is 4. The summed E-state index contributed by atoms with van der Waals surface area (Å²) in [4.78, 5) is 19.6. The summed E-state index contributed by atoms with van der Waals surface area (Å²) in [7, 11) is 0. The van der Waals surface area contributed by atoms with Crippen molar-refractivity contribution >= 4 is 27.7 Å². The predicted molar refractivity (Wildman–Crippen MR) is 74.6 cm³/mol. The van der Waals surface area contributed by atoms with Crippen LogP contribution >= 0.6 is 15.9 Å². The number of aromatic carboxylic acids is 1. The number of aromatic nitrogens is 1. The number of nitrogens with zero attached hydrogens (tertiary/aromatic N) is 3. The fraction of sp³-hybridized carbons (Fsp3) is 0.500. The molecule has 0 amide bonds. The number of aliphatic hydroxyl groups is 1. The van der Waals surface area contributed by atoms with E-state index in [-0.39, 0.29) is 12.2 Å². The summed E-state index contributed by atoms with van der Waals surface area (Å²) >= 11 is 3.24. The van der Waals surface area contributed by atoms with Crippen molar-refractivity contribution in [2.75, 3.05) is 44.2 Å². The smallest absolute Gasteiger partial charge is 0.339 e. The first kappa shape index (κ1) is 14.2. The molecule has 1 aliphatic rings. The predicted octanol–water partition coefficient (Wildman–Crippen LogP) is 0.657. The molecule has 1 fully saturated rings. The fourth-order valence-electron chi connectivity index (χ4n) is 2.17. The molecule has 0 atom stereocenters. The number of pyridine rings is 1. The van der Waals surface area contributed by atoms with Crippen LogP contribution in [0.25, 0.3) is 0 Å². The molecule has 2 rings (SSSR count). The average molecular weight is 330 g/mol. The lowest BCUT2D eigenvalue weighted by Gasteiger charge is -2.35. The Kier molecular flexibility index (Phi) is 4.73. The lowest BCUT2D eigenvalue weighted by Crippen LogP contribution is -2.47. The number of hydrogen-bond acceptors (Lipinski definition) is 5. The molecular formula is C12H16BrN3O3. The zero-order valence-corrected chi connectivity index (χ0v) is 12.0. The van der Waals surface area contributed by atoms with Gasteiger partial charge < -0.3 is 15.1 Å². The van der Waals surface area contributed by atoms with Crippen LogP contribution in [0.1, 0.15) is 10.4 Å². The fourth-order valence-corrected chi connectivity index (χ4v) is 2.50. The topological polar surface area (TPSA) is 76.9 Å². The molecule has 0 radical (unpaired) electrons. The molecule has 1 aliphatic heterocycles. The van der Waals surface area contributed by atoms with E-state index in [9.17, 15) is 9.90 Å². The van der Waals surface area contributed by atoms with Crippen molar-refractivity contribution in [1.29, 1.82) is 0 Å². The van der Waals surface area contributed by atoms with Gasteiger partial charge in [-0.3, -0.25) is 4.90 Å². The van der Waals surface area contributed by atoms with Gasteiger partial charge in [-0.25, -0.2) is 9.78 Å². The number of carboxylic acids is 1. The Hall–Kier alpha value is -1.18. The maximum atomic E-state index is 11.3. The zero-order valence-electron chi connectivity index (χ0n) is 10.4. The van der Waals surface area contributed by atoms with Crippen molar-refractivity contribution in [2.24, 2.45) is 0 Å². The number of anilines is 1. The van der Waals surface area contributed by atoms with E-state index in [0.717, 1.165) is 26.2 Å². The highest BCUT2D eigenvalue weighted by Gasteiger charge is 2.22. The summed E-state index contributed by atoms with van der Waals surface area (Å²) in [5, 5.41) is 18.1. The maximum absolute atomic E-state index is 11.3. The van der Waals surface area contributed by atoms with Crippen LogP contribution in [0.4, 0.5) is 5.82 Å². The first-order valence-electron chi connectivity index (χ1n) is 6.09. The highest BCUT2D eigenvalue weighted by Crippen LogP contribution is 2.22. The molecule has 0 saturated carbocycles. The normalized spacial score (nSPS) is 16.6. The maximum Gasteiger partial charge on any atom is 0.339 e. The van der Waals surface area contributed by atoms with E-state index < -0.39 is 5.97 Å². The van der Waals surface area contributed by atoms with Crippen LogP contribution in [-0.2, 0) is 0 Å². The van der Waals surface area contributed by atoms with Crippen LogP contribution in [0, 0.1) is 0 Å². The van der Waals surface area contributed by atoms with E-state index in [0.29, 0.717) is 16.8 Å². The molecule has 1 aromatic rings. The number of carbonyl (C=O) groups is 1. The summed E-state index contributed by atoms with van der Waals surface area (Å²) in [6.45, 7) is 3.85. The van der Waals surface area contributed by atoms with Gasteiger partial charge in [0.1, 0.15) is 11.4 Å². The van der Waals surface area contributed by atoms with Crippen LogP contribution in [0.5, 0.6) is 0 Å². The van der Waals surface area contributed by atoms with Gasteiger partial charge in [-0.05, 0) is 22.0 Å². The van der Waals surface area contributed by atoms with Crippen LogP contribution in [0.15, 0.2) is 16.7 Å². The second-order valence-electron chi connectivity index (χ2n) is 4.38. The zero-order chi connectivity index (χ0) is 13.8. The van der Waals surface area contributed by atoms with Crippen molar-refractivity contribution in [3.8, 4) is 0 Å². The average Bonchev–Trinajstić information content (AvgIpc) is 2.40. The third-order valence-electron chi connectivity index (χ3n) is 3.15. The molecular weight excluding hydrogens is 314 g/mol. The number of halogens is 1. The molecule has 19 heavy (non-hydrogen) atoms. The molecule has 2 heterocycles. The molecule has 1 aromatic heterocycles. The highest BCUT2D eigenvalue weighted by atomic mass is 79.9. The molecule has 0 aliphatic carbocycles. The molecule has 1 saturated heterocycles. The summed E-state index contributed by atoms with van der Waals surface area (Å²) in [6.07, 6.45) is 1.61. The van der Waals surface area contributed by atoms with E-state index >= 15 is 0 Å². The third kappa shape index (κ3) is 3.43. The molecule has 0 unspecified atom stereocenters. The van der Waals surface area contributed by atoms with Gasteiger partial charge >= 0.3 is 5.97 Å². The highest BCUT2D eigenvalue weighted by molar-refractivity contribution is 9.10. The van der Waals surface area contributed by atoms with Gasteiger partial charge in [-0.2, -0.15) is 0 Å². The van der Waals surface area contributed by atoms with Gasteiger partial charge in [0.25, 0.3) is 0 Å². The minimum Gasteiger partial charge on any atom is -0.478 e. The Bertz CT molecular complexity index is 462. The van der Waals surface area contributed by atoms with Crippen molar-refractivity contribution in [1.82, 2.24) is 9.88 Å². The van der Waals surface area contributed by atoms with E-state index in [1.165, 1.54) is 0 Å². The number of aliphatic hydroxyl groups excluding tert-OH is 1. The Balaban J connectivity index is 2.13. The van der Waals surface area contributed by atoms with Gasteiger partial charge in [0.15, 0.2) is 0 Å². The van der Waals surface area contributed by atoms with Crippen molar-refractivity contribution in [3.63, 3.8) is 0 Å². The van der Waals surface area contributed by atoms with E-state index in [4.69, 9.17) is 5.11 Å². The standard InChI is InChI=1S/C12H16BrN3O3/c13-9-7-10(12(18)19)11(14-8-9)16-3-1-15(2-4-16)5-6-17/h7-8,17H,1-6H2,(H,18,19). The van der Waals surface area contributed by atoms with Crippen LogP contribution < -0.4 is 4.90 Å². The summed E-state index contributed by atoms with van der Waals surface area (Å²) in [6, 6.07) is 1.57. The van der Waals surface area contributed by atoms with Gasteiger partial charge in [0, 0.05) is 43.4 Å². The summed E-state index contributed by atoms with van der Waals surface area (Å²) < 4.78 is 0.660. The molecule has 104 valence electrons. The van der Waals surface area contributed by atoms with E-state index in [2.05, 4.69) is 25.8 Å². The molecule has 6 nitrogen and oxygen atoms in total. The largest absolute Gasteiger partial charge is 0.478 e. The lowest BCUT2D eigenvalue weighted by molar-refractivity contribution is 0.0697. The number of β-amino-alcohol motifs (C(OH)–C–C–N with tert-alkyl or cyclic N) is 1. The van der Waals surface area contributed by atoms with E-state index in [1.54, 1.807) is 12.3 Å². The SMILES string of the molecule is O=C(O)c1cc(Br)cnc1N1CCN(CCO)CC1. The van der Waals surface area contributed by atoms with E-state index in [1.807, 2.05) is 4.90 Å². The minimum atomic E-state index is -0.971. The summed E-state index contributed by atoms with van der Waals surface area (Å²) in [5.41, 5.74) is 0.213. The second kappa shape index (κ2) is 6.31. The van der Waals surface area contributed by atoms with Gasteiger partial charge in [-0.15, -0.1) is 0 Å². The van der Waals surface area contributed by atoms with Crippen LogP contribution in [0.2, 0.25) is 0 Å². The van der Waals surface area contributed by atoms with Crippen molar-refractivity contribution in [2.45, 2.75) is 0 Å². The Morgan fingerprint density at radius 3 is 2.63 bits per heavy atom. The first-order chi connectivity index (χ1) is 9.11. The molecule has 2 N–H and O–H groups in total. The Morgan fingerprint density at radius 2 is 2.05 bits per heavy atom. The first-order valence-corrected chi connectivity index (χ1v) is 6.88. The number of carboxylic acid groups (broad SMARTS) is 1. The molecule has 7 heteroatoms. The Labute approximate surface area is 119 Å². The van der Waals surface area contributed by atoms with Crippen LogP contribution in [0.3, 0.4) is 0 Å². The quantitative estimate of drug-likeness (QED) is 0.845. The number of hydrogen-bond donors (Lipinski definition) is 2. The number of piperazine rings is 1. The molecule has 0 aromatic carbocycles. The molecule has 0 bridgehead atoms. The Morgan fingerprint density at radius 1 is 1.37 bits per heavy atom. The van der Waals surface area contributed by atoms with Crippen molar-refractivity contribution in [3.05, 3.63) is 22.3 Å². The second-order valence-corrected chi connectivity index (χ2v) is 5.30. The summed E-state index contributed by atoms with van der Waals surface area (Å²) in [5.74, 6) is -0.457. The minimum absolute atomic E-state index is 0.150. The van der Waals surface area contributed by atoms with Crippen LogP contribution in [-0.4, -0.2) is 65.4 Å². The van der Waals surface area contributed by atoms with Crippen molar-refractivity contribution < 1.29 is 15.0 Å². The van der Waals surface area contributed by atoms with Gasteiger partial charge in [0.05, 0.1) is 6.61 Å². The lowest BCUT2D eigenvalue weighted by atomic mass is 10.2. The van der Waals surface area contributed by atoms with Gasteiger partial charge in [0.2, 0.25) is 0 Å². The van der Waals surface area contributed by atoms with Gasteiger partial charge in [-0.1, -0.05) is 0 Å². The monoisotopic (exact) mass is 329 g/mol. The third-order valence-corrected chi connectivity index (χ3v) is 3.59. The molecule has 0 spiro atoms.